The van der Waals surface area contributed by atoms with Crippen LogP contribution >= 0.6 is 0 Å². The second-order valence-corrected chi connectivity index (χ2v) is 6.36. The Balaban J connectivity index is 1.49. The van der Waals surface area contributed by atoms with Gasteiger partial charge in [-0.3, -0.25) is 4.79 Å². The van der Waals surface area contributed by atoms with Crippen molar-refractivity contribution in [1.82, 2.24) is 10.2 Å². The molecule has 0 spiro atoms. The van der Waals surface area contributed by atoms with Gasteiger partial charge >= 0.3 is 6.09 Å². The van der Waals surface area contributed by atoms with Crippen molar-refractivity contribution in [3.63, 3.8) is 0 Å². The Bertz CT molecular complexity index is 535. The lowest BCUT2D eigenvalue weighted by molar-refractivity contribution is -0.132. The molecule has 0 unspecified atom stereocenters. The average molecular weight is 348 g/mol. The van der Waals surface area contributed by atoms with E-state index in [1.165, 1.54) is 0 Å². The van der Waals surface area contributed by atoms with Crippen molar-refractivity contribution in [2.24, 2.45) is 0 Å². The number of alkyl carbamates (subject to hydrolysis) is 1. The maximum Gasteiger partial charge on any atom is 0.407 e. The minimum absolute atomic E-state index is 0.00792. The van der Waals surface area contributed by atoms with Gasteiger partial charge in [0.15, 0.2) is 0 Å². The standard InChI is InChI=1S/C19H28N2O4/c22-14-17-10-7-13-21(17)18(23)11-5-2-6-12-20-19(24)25-15-16-8-3-1-4-9-16/h1,3-4,8-9,17,22H,2,5-7,10-15H2,(H,20,24)/t17-/m0/s1. The lowest BCUT2D eigenvalue weighted by atomic mass is 10.1. The largest absolute Gasteiger partial charge is 0.445 e. The van der Waals surface area contributed by atoms with Gasteiger partial charge in [-0.1, -0.05) is 36.8 Å². The summed E-state index contributed by atoms with van der Waals surface area (Å²) in [4.78, 5) is 25.5. The van der Waals surface area contributed by atoms with Gasteiger partial charge in [-0.2, -0.15) is 0 Å². The van der Waals surface area contributed by atoms with E-state index < -0.39 is 6.09 Å². The van der Waals surface area contributed by atoms with Crippen molar-refractivity contribution < 1.29 is 19.4 Å². The Morgan fingerprint density at radius 2 is 2.00 bits per heavy atom. The molecule has 0 radical (unpaired) electrons. The van der Waals surface area contributed by atoms with Gasteiger partial charge < -0.3 is 20.1 Å². The molecule has 1 atom stereocenters. The third-order valence-corrected chi connectivity index (χ3v) is 4.46. The number of rotatable bonds is 9. The number of aliphatic hydroxyl groups is 1. The number of carbonyl (C=O) groups excluding carboxylic acids is 2. The van der Waals surface area contributed by atoms with E-state index in [2.05, 4.69) is 5.32 Å². The van der Waals surface area contributed by atoms with E-state index in [0.29, 0.717) is 13.0 Å². The monoisotopic (exact) mass is 348 g/mol. The van der Waals surface area contributed by atoms with Crippen molar-refractivity contribution >= 4 is 12.0 Å². The molecule has 25 heavy (non-hydrogen) atoms. The van der Waals surface area contributed by atoms with Crippen LogP contribution in [0, 0.1) is 0 Å². The number of likely N-dealkylation sites (tertiary alicyclic amines) is 1. The predicted molar refractivity (Wildman–Crippen MR) is 94.9 cm³/mol. The number of ether oxygens (including phenoxy) is 1. The van der Waals surface area contributed by atoms with E-state index in [9.17, 15) is 14.7 Å². The highest BCUT2D eigenvalue weighted by molar-refractivity contribution is 5.76. The van der Waals surface area contributed by atoms with Crippen molar-refractivity contribution in [3.05, 3.63) is 35.9 Å². The quantitative estimate of drug-likeness (QED) is 0.672. The molecular formula is C19H28N2O4. The molecule has 6 nitrogen and oxygen atoms in total. The molecule has 0 aromatic heterocycles. The number of carbonyl (C=O) groups is 2. The van der Waals surface area contributed by atoms with Crippen molar-refractivity contribution in [2.75, 3.05) is 19.7 Å². The number of amides is 2. The van der Waals surface area contributed by atoms with Crippen LogP contribution in [-0.4, -0.2) is 47.7 Å². The number of nitrogens with one attached hydrogen (secondary N) is 1. The van der Waals surface area contributed by atoms with E-state index in [1.54, 1.807) is 4.90 Å². The first-order valence-electron chi connectivity index (χ1n) is 9.05. The normalized spacial score (nSPS) is 16.7. The molecule has 1 aliphatic rings. The maximum atomic E-state index is 12.1. The molecule has 6 heteroatoms. The van der Waals surface area contributed by atoms with Gasteiger partial charge in [-0.25, -0.2) is 4.79 Å². The van der Waals surface area contributed by atoms with E-state index >= 15 is 0 Å². The SMILES string of the molecule is O=C(NCCCCCC(=O)N1CCC[C@H]1CO)OCc1ccccc1. The third-order valence-electron chi connectivity index (χ3n) is 4.46. The summed E-state index contributed by atoms with van der Waals surface area (Å²) in [6.07, 6.45) is 4.47. The number of unbranched alkanes of at least 4 members (excludes halogenated alkanes) is 2. The first-order chi connectivity index (χ1) is 12.2. The van der Waals surface area contributed by atoms with E-state index in [4.69, 9.17) is 4.74 Å². The van der Waals surface area contributed by atoms with Gasteiger partial charge in [0.05, 0.1) is 12.6 Å². The van der Waals surface area contributed by atoms with Crippen LogP contribution in [0.3, 0.4) is 0 Å². The second-order valence-electron chi connectivity index (χ2n) is 6.36. The molecule has 1 aromatic rings. The molecule has 1 saturated heterocycles. The lowest BCUT2D eigenvalue weighted by Gasteiger charge is -2.22. The van der Waals surface area contributed by atoms with Crippen molar-refractivity contribution in [2.45, 2.75) is 51.2 Å². The Labute approximate surface area is 149 Å². The smallest absolute Gasteiger partial charge is 0.407 e. The molecule has 1 fully saturated rings. The van der Waals surface area contributed by atoms with Gasteiger partial charge in [-0.05, 0) is 31.2 Å². The predicted octanol–water partition coefficient (Wildman–Crippen LogP) is 2.46. The molecule has 138 valence electrons. The van der Waals surface area contributed by atoms with Crippen LogP contribution in [-0.2, 0) is 16.1 Å². The molecular weight excluding hydrogens is 320 g/mol. The third kappa shape index (κ3) is 6.74. The van der Waals surface area contributed by atoms with Crippen LogP contribution in [0.1, 0.15) is 44.1 Å². The Kier molecular flexibility index (Phi) is 8.25. The molecule has 0 saturated carbocycles. The van der Waals surface area contributed by atoms with Crippen LogP contribution in [0.4, 0.5) is 4.79 Å². The Morgan fingerprint density at radius 3 is 2.76 bits per heavy atom. The summed E-state index contributed by atoms with van der Waals surface area (Å²) in [6.45, 7) is 1.63. The van der Waals surface area contributed by atoms with E-state index in [1.807, 2.05) is 30.3 Å². The van der Waals surface area contributed by atoms with Crippen molar-refractivity contribution in [1.29, 1.82) is 0 Å². The molecule has 1 aliphatic heterocycles. The summed E-state index contributed by atoms with van der Waals surface area (Å²) in [5, 5.41) is 12.0. The molecule has 0 aliphatic carbocycles. The Hall–Kier alpha value is -2.08. The highest BCUT2D eigenvalue weighted by Gasteiger charge is 2.27. The van der Waals surface area contributed by atoms with Crippen LogP contribution in [0.15, 0.2) is 30.3 Å². The fourth-order valence-electron chi connectivity index (χ4n) is 3.04. The summed E-state index contributed by atoms with van der Waals surface area (Å²) < 4.78 is 5.13. The van der Waals surface area contributed by atoms with Crippen LogP contribution in [0.25, 0.3) is 0 Å². The summed E-state index contributed by atoms with van der Waals surface area (Å²) >= 11 is 0. The molecule has 1 aromatic carbocycles. The summed E-state index contributed by atoms with van der Waals surface area (Å²) in [7, 11) is 0. The van der Waals surface area contributed by atoms with Crippen LogP contribution < -0.4 is 5.32 Å². The maximum absolute atomic E-state index is 12.1. The van der Waals surface area contributed by atoms with Crippen LogP contribution in [0.2, 0.25) is 0 Å². The number of hydrogen-bond donors (Lipinski definition) is 2. The van der Waals surface area contributed by atoms with Gasteiger partial charge in [0.25, 0.3) is 0 Å². The molecule has 2 N–H and O–H groups in total. The minimum Gasteiger partial charge on any atom is -0.445 e. The zero-order valence-electron chi connectivity index (χ0n) is 14.7. The van der Waals surface area contributed by atoms with Crippen molar-refractivity contribution in [3.8, 4) is 0 Å². The van der Waals surface area contributed by atoms with Gasteiger partial charge in [0.1, 0.15) is 6.61 Å². The fourth-order valence-corrected chi connectivity index (χ4v) is 3.04. The molecule has 0 bridgehead atoms. The minimum atomic E-state index is -0.414. The summed E-state index contributed by atoms with van der Waals surface area (Å²) in [5.41, 5.74) is 0.958. The zero-order valence-corrected chi connectivity index (χ0v) is 14.7. The van der Waals surface area contributed by atoms with Gasteiger partial charge in [0, 0.05) is 19.5 Å². The van der Waals surface area contributed by atoms with E-state index in [0.717, 1.165) is 44.2 Å². The summed E-state index contributed by atoms with van der Waals surface area (Å²) in [5.74, 6) is 0.131. The second kappa shape index (κ2) is 10.7. The summed E-state index contributed by atoms with van der Waals surface area (Å²) in [6, 6.07) is 9.56. The lowest BCUT2D eigenvalue weighted by Crippen LogP contribution is -2.37. The zero-order chi connectivity index (χ0) is 17.9. The average Bonchev–Trinajstić information content (AvgIpc) is 3.12. The van der Waals surface area contributed by atoms with Gasteiger partial charge in [0.2, 0.25) is 5.91 Å². The molecule has 2 amide bonds. The first-order valence-corrected chi connectivity index (χ1v) is 9.05. The first kappa shape index (κ1) is 19.2. The number of nitrogens with zero attached hydrogens (tertiary/aromatic N) is 1. The molecule has 2 rings (SSSR count). The van der Waals surface area contributed by atoms with Gasteiger partial charge in [-0.15, -0.1) is 0 Å². The topological polar surface area (TPSA) is 78.9 Å². The number of aliphatic hydroxyl groups excluding tert-OH is 1. The highest BCUT2D eigenvalue weighted by atomic mass is 16.5. The van der Waals surface area contributed by atoms with Crippen LogP contribution in [0.5, 0.6) is 0 Å². The Morgan fingerprint density at radius 1 is 1.20 bits per heavy atom. The number of benzene rings is 1. The fraction of sp³-hybridized carbons (Fsp3) is 0.579. The highest BCUT2D eigenvalue weighted by Crippen LogP contribution is 2.18. The van der Waals surface area contributed by atoms with E-state index in [-0.39, 0.29) is 25.2 Å². The molecule has 1 heterocycles. The number of hydrogen-bond acceptors (Lipinski definition) is 4.